The first-order valence-corrected chi connectivity index (χ1v) is 9.65. The lowest BCUT2D eigenvalue weighted by molar-refractivity contribution is 0.122. The Bertz CT molecular complexity index is 594. The van der Waals surface area contributed by atoms with Gasteiger partial charge in [-0.25, -0.2) is 9.18 Å². The molecule has 1 aromatic rings. The van der Waals surface area contributed by atoms with Crippen LogP contribution in [0.1, 0.15) is 25.8 Å². The number of amides is 2. The zero-order chi connectivity index (χ0) is 19.8. The minimum absolute atomic E-state index is 0.0837. The number of carbonyl (C=O) groups is 1. The summed E-state index contributed by atoms with van der Waals surface area (Å²) >= 11 is 0. The Labute approximate surface area is 162 Å². The monoisotopic (exact) mass is 380 g/mol. The summed E-state index contributed by atoms with van der Waals surface area (Å²) in [5.41, 5.74) is 1.34. The van der Waals surface area contributed by atoms with Crippen molar-refractivity contribution in [3.8, 4) is 0 Å². The molecule has 2 N–H and O–H groups in total. The van der Waals surface area contributed by atoms with Gasteiger partial charge in [0.15, 0.2) is 0 Å². The summed E-state index contributed by atoms with van der Waals surface area (Å²) in [5, 5.41) is 5.85. The van der Waals surface area contributed by atoms with E-state index in [4.69, 9.17) is 4.74 Å². The number of morpholine rings is 1. The second kappa shape index (κ2) is 10.5. The summed E-state index contributed by atoms with van der Waals surface area (Å²) in [6, 6.07) is 5.00. The molecule has 2 amide bonds. The van der Waals surface area contributed by atoms with Gasteiger partial charge in [-0.1, -0.05) is 19.9 Å². The third-order valence-electron chi connectivity index (χ3n) is 4.49. The molecule has 27 heavy (non-hydrogen) atoms. The number of rotatable bonds is 8. The molecule has 0 bridgehead atoms. The Morgan fingerprint density at radius 3 is 2.59 bits per heavy atom. The largest absolute Gasteiger partial charge is 0.378 e. The molecule has 0 radical (unpaired) electrons. The average Bonchev–Trinajstić information content (AvgIpc) is 2.59. The van der Waals surface area contributed by atoms with Crippen LogP contribution in [-0.2, 0) is 11.3 Å². The standard InChI is InChI=1S/C20H33FN4O2/c1-15(2)11-17(14-24(3)4)23-20(26)22-13-16-5-6-19(18(21)12-16)25-7-9-27-10-8-25/h5-6,12,15,17H,7-11,13-14H2,1-4H3,(H2,22,23,26). The number of benzene rings is 1. The molecule has 1 aliphatic rings. The van der Waals surface area contributed by atoms with Crippen LogP contribution < -0.4 is 15.5 Å². The van der Waals surface area contributed by atoms with Gasteiger partial charge in [0.2, 0.25) is 0 Å². The van der Waals surface area contributed by atoms with E-state index in [-0.39, 0.29) is 17.9 Å². The predicted molar refractivity (Wildman–Crippen MR) is 107 cm³/mol. The van der Waals surface area contributed by atoms with Gasteiger partial charge < -0.3 is 25.2 Å². The van der Waals surface area contributed by atoms with E-state index in [1.54, 1.807) is 6.07 Å². The minimum Gasteiger partial charge on any atom is -0.378 e. The van der Waals surface area contributed by atoms with Gasteiger partial charge in [-0.2, -0.15) is 0 Å². The number of anilines is 1. The molecule has 1 aliphatic heterocycles. The number of likely N-dealkylation sites (N-methyl/N-ethyl adjacent to an activating group) is 1. The van der Waals surface area contributed by atoms with E-state index in [1.807, 2.05) is 25.1 Å². The molecule has 1 saturated heterocycles. The molecule has 1 unspecified atom stereocenters. The molecule has 1 fully saturated rings. The van der Waals surface area contributed by atoms with Crippen LogP contribution in [0.2, 0.25) is 0 Å². The Balaban J connectivity index is 1.87. The fourth-order valence-corrected chi connectivity index (χ4v) is 3.33. The van der Waals surface area contributed by atoms with Crippen LogP contribution in [0.4, 0.5) is 14.9 Å². The Hall–Kier alpha value is -1.86. The second-order valence-electron chi connectivity index (χ2n) is 7.80. The second-order valence-corrected chi connectivity index (χ2v) is 7.80. The molecule has 1 heterocycles. The molecule has 7 heteroatoms. The lowest BCUT2D eigenvalue weighted by Gasteiger charge is -2.29. The van der Waals surface area contributed by atoms with Gasteiger partial charge in [0.1, 0.15) is 5.82 Å². The molecular weight excluding hydrogens is 347 g/mol. The van der Waals surface area contributed by atoms with Gasteiger partial charge in [-0.3, -0.25) is 0 Å². The molecular formula is C20H33FN4O2. The van der Waals surface area contributed by atoms with Crippen molar-refractivity contribution in [1.29, 1.82) is 0 Å². The first-order valence-electron chi connectivity index (χ1n) is 9.65. The summed E-state index contributed by atoms with van der Waals surface area (Å²) in [7, 11) is 3.98. The fourth-order valence-electron chi connectivity index (χ4n) is 3.33. The van der Waals surface area contributed by atoms with E-state index in [2.05, 4.69) is 29.4 Å². The predicted octanol–water partition coefficient (Wildman–Crippen LogP) is 2.44. The van der Waals surface area contributed by atoms with E-state index >= 15 is 0 Å². The first-order chi connectivity index (χ1) is 12.8. The molecule has 2 rings (SSSR count). The number of carbonyl (C=O) groups excluding carboxylic acids is 1. The van der Waals surface area contributed by atoms with Crippen molar-refractivity contribution >= 4 is 11.7 Å². The van der Waals surface area contributed by atoms with E-state index < -0.39 is 0 Å². The minimum atomic E-state index is -0.262. The summed E-state index contributed by atoms with van der Waals surface area (Å²) in [5.74, 6) is 0.235. The van der Waals surface area contributed by atoms with Crippen molar-refractivity contribution in [2.24, 2.45) is 5.92 Å². The number of hydrogen-bond acceptors (Lipinski definition) is 4. The van der Waals surface area contributed by atoms with Gasteiger partial charge >= 0.3 is 6.03 Å². The van der Waals surface area contributed by atoms with Crippen LogP contribution in [-0.4, -0.2) is 63.9 Å². The SMILES string of the molecule is CC(C)CC(CN(C)C)NC(=O)NCc1ccc(N2CCOCC2)c(F)c1. The highest BCUT2D eigenvalue weighted by atomic mass is 19.1. The maximum absolute atomic E-state index is 14.4. The molecule has 0 aliphatic carbocycles. The van der Waals surface area contributed by atoms with Gasteiger partial charge in [0.25, 0.3) is 0 Å². The maximum atomic E-state index is 14.4. The highest BCUT2D eigenvalue weighted by Crippen LogP contribution is 2.21. The fraction of sp³-hybridized carbons (Fsp3) is 0.650. The molecule has 0 spiro atoms. The molecule has 0 saturated carbocycles. The van der Waals surface area contributed by atoms with Crippen LogP contribution in [0.15, 0.2) is 18.2 Å². The summed E-state index contributed by atoms with van der Waals surface area (Å²) in [6.07, 6.45) is 0.911. The first kappa shape index (κ1) is 21.4. The molecule has 0 aromatic heterocycles. The van der Waals surface area contributed by atoms with E-state index in [9.17, 15) is 9.18 Å². The number of nitrogens with one attached hydrogen (secondary N) is 2. The highest BCUT2D eigenvalue weighted by molar-refractivity contribution is 5.74. The van der Waals surface area contributed by atoms with E-state index in [0.29, 0.717) is 44.5 Å². The maximum Gasteiger partial charge on any atom is 0.315 e. The zero-order valence-corrected chi connectivity index (χ0v) is 16.9. The van der Waals surface area contributed by atoms with Crippen LogP contribution in [0.5, 0.6) is 0 Å². The van der Waals surface area contributed by atoms with Crippen molar-refractivity contribution in [1.82, 2.24) is 15.5 Å². The Kier molecular flexibility index (Phi) is 8.31. The van der Waals surface area contributed by atoms with E-state index in [1.165, 1.54) is 6.07 Å². The lowest BCUT2D eigenvalue weighted by atomic mass is 10.0. The number of ether oxygens (including phenoxy) is 1. The number of hydrogen-bond donors (Lipinski definition) is 2. The summed E-state index contributed by atoms with van der Waals surface area (Å²) in [6.45, 7) is 7.99. The van der Waals surface area contributed by atoms with Crippen LogP contribution >= 0.6 is 0 Å². The highest BCUT2D eigenvalue weighted by Gasteiger charge is 2.17. The third kappa shape index (κ3) is 7.34. The van der Waals surface area contributed by atoms with Gasteiger partial charge in [-0.05, 0) is 44.1 Å². The van der Waals surface area contributed by atoms with Crippen LogP contribution in [0.3, 0.4) is 0 Å². The number of nitrogens with zero attached hydrogens (tertiary/aromatic N) is 2. The van der Waals surface area contributed by atoms with Crippen molar-refractivity contribution in [2.75, 3.05) is 51.8 Å². The number of halogens is 1. The molecule has 1 aromatic carbocycles. The lowest BCUT2D eigenvalue weighted by Crippen LogP contribution is -2.46. The Morgan fingerprint density at radius 1 is 1.30 bits per heavy atom. The molecule has 1 atom stereocenters. The summed E-state index contributed by atoms with van der Waals surface area (Å²) < 4.78 is 19.7. The summed E-state index contributed by atoms with van der Waals surface area (Å²) in [4.78, 5) is 16.3. The quantitative estimate of drug-likeness (QED) is 0.727. The molecule has 6 nitrogen and oxygen atoms in total. The van der Waals surface area contributed by atoms with E-state index in [0.717, 1.165) is 18.5 Å². The van der Waals surface area contributed by atoms with Crippen LogP contribution in [0.25, 0.3) is 0 Å². The Morgan fingerprint density at radius 2 is 2.00 bits per heavy atom. The van der Waals surface area contributed by atoms with Gasteiger partial charge in [-0.15, -0.1) is 0 Å². The normalized spacial score (nSPS) is 15.9. The van der Waals surface area contributed by atoms with Gasteiger partial charge in [0.05, 0.1) is 18.9 Å². The van der Waals surface area contributed by atoms with Crippen LogP contribution in [0, 0.1) is 11.7 Å². The zero-order valence-electron chi connectivity index (χ0n) is 16.9. The topological polar surface area (TPSA) is 56.8 Å². The van der Waals surface area contributed by atoms with Crippen molar-refractivity contribution < 1.29 is 13.9 Å². The average molecular weight is 381 g/mol. The van der Waals surface area contributed by atoms with Gasteiger partial charge in [0, 0.05) is 32.2 Å². The van der Waals surface area contributed by atoms with Crippen molar-refractivity contribution in [3.63, 3.8) is 0 Å². The third-order valence-corrected chi connectivity index (χ3v) is 4.49. The van der Waals surface area contributed by atoms with Crippen molar-refractivity contribution in [2.45, 2.75) is 32.9 Å². The molecule has 152 valence electrons. The van der Waals surface area contributed by atoms with Crippen molar-refractivity contribution in [3.05, 3.63) is 29.6 Å². The number of urea groups is 1. The smallest absolute Gasteiger partial charge is 0.315 e.